The lowest BCUT2D eigenvalue weighted by Gasteiger charge is -2.11. The zero-order chi connectivity index (χ0) is 15.8. The Balaban J connectivity index is 0.00000264. The van der Waals surface area contributed by atoms with Crippen molar-refractivity contribution in [2.24, 2.45) is 12.0 Å². The maximum absolute atomic E-state index is 12.8. The van der Waals surface area contributed by atoms with Crippen molar-refractivity contribution < 1.29 is 4.39 Å². The highest BCUT2D eigenvalue weighted by Crippen LogP contribution is 2.02. The molecule has 2 aromatic rings. The summed E-state index contributed by atoms with van der Waals surface area (Å²) in [5.74, 6) is 0.525. The van der Waals surface area contributed by atoms with Crippen LogP contribution in [0.1, 0.15) is 17.5 Å². The number of nitrogens with one attached hydrogen (secondary N) is 2. The second-order valence-corrected chi connectivity index (χ2v) is 5.10. The van der Waals surface area contributed by atoms with Gasteiger partial charge < -0.3 is 10.6 Å². The van der Waals surface area contributed by atoms with Gasteiger partial charge in [0.1, 0.15) is 5.82 Å². The van der Waals surface area contributed by atoms with E-state index >= 15 is 0 Å². The molecule has 2 rings (SSSR count). The van der Waals surface area contributed by atoms with Crippen molar-refractivity contribution in [3.8, 4) is 0 Å². The van der Waals surface area contributed by atoms with Crippen molar-refractivity contribution in [1.82, 2.24) is 20.4 Å². The average molecular weight is 431 g/mol. The third kappa shape index (κ3) is 6.98. The van der Waals surface area contributed by atoms with Crippen molar-refractivity contribution >= 4 is 29.9 Å². The highest BCUT2D eigenvalue weighted by atomic mass is 127. The molecule has 7 heteroatoms. The van der Waals surface area contributed by atoms with Gasteiger partial charge in [-0.15, -0.1) is 24.0 Å². The Hall–Kier alpha value is -1.64. The summed E-state index contributed by atoms with van der Waals surface area (Å²) in [7, 11) is 3.66. The summed E-state index contributed by atoms with van der Waals surface area (Å²) in [6, 6.07) is 6.44. The Morgan fingerprint density at radius 1 is 1.22 bits per heavy atom. The molecule has 23 heavy (non-hydrogen) atoms. The summed E-state index contributed by atoms with van der Waals surface area (Å²) in [5, 5.41) is 10.6. The smallest absolute Gasteiger partial charge is 0.191 e. The van der Waals surface area contributed by atoms with Gasteiger partial charge in [-0.25, -0.2) is 4.39 Å². The highest BCUT2D eigenvalue weighted by Gasteiger charge is 2.00. The molecule has 0 saturated carbocycles. The van der Waals surface area contributed by atoms with E-state index in [-0.39, 0.29) is 29.8 Å². The van der Waals surface area contributed by atoms with E-state index in [4.69, 9.17) is 0 Å². The van der Waals surface area contributed by atoms with Gasteiger partial charge in [-0.2, -0.15) is 5.10 Å². The molecule has 0 saturated heterocycles. The number of rotatable bonds is 6. The third-order valence-corrected chi connectivity index (χ3v) is 3.29. The number of aliphatic imine (C=N–C) groups is 1. The Labute approximate surface area is 153 Å². The molecule has 0 radical (unpaired) electrons. The Morgan fingerprint density at radius 2 is 1.96 bits per heavy atom. The number of nitrogens with zero attached hydrogens (tertiary/aromatic N) is 3. The highest BCUT2D eigenvalue weighted by molar-refractivity contribution is 14.0. The number of halogens is 2. The SMILES string of the molecule is CN=C(NCCCc1cnn(C)c1)NCc1ccc(F)cc1.I. The van der Waals surface area contributed by atoms with Gasteiger partial charge in [0.25, 0.3) is 0 Å². The maximum atomic E-state index is 12.8. The first kappa shape index (κ1) is 19.4. The van der Waals surface area contributed by atoms with E-state index in [9.17, 15) is 4.39 Å². The van der Waals surface area contributed by atoms with Crippen LogP contribution in [-0.2, 0) is 20.0 Å². The quantitative estimate of drug-likeness (QED) is 0.320. The molecule has 1 heterocycles. The fourth-order valence-electron chi connectivity index (χ4n) is 2.11. The fourth-order valence-corrected chi connectivity index (χ4v) is 2.11. The molecule has 0 aliphatic carbocycles. The number of hydrogen-bond acceptors (Lipinski definition) is 2. The van der Waals surface area contributed by atoms with Gasteiger partial charge in [0.2, 0.25) is 0 Å². The molecule has 0 aliphatic heterocycles. The van der Waals surface area contributed by atoms with Crippen LogP contribution in [0.15, 0.2) is 41.7 Å². The normalized spacial score (nSPS) is 11.0. The van der Waals surface area contributed by atoms with Crippen LogP contribution in [0.3, 0.4) is 0 Å². The average Bonchev–Trinajstić information content (AvgIpc) is 2.94. The number of hydrogen-bond donors (Lipinski definition) is 2. The van der Waals surface area contributed by atoms with Crippen LogP contribution in [0.5, 0.6) is 0 Å². The van der Waals surface area contributed by atoms with Crippen molar-refractivity contribution in [1.29, 1.82) is 0 Å². The molecule has 0 amide bonds. The van der Waals surface area contributed by atoms with Crippen LogP contribution in [0.2, 0.25) is 0 Å². The topological polar surface area (TPSA) is 54.2 Å². The van der Waals surface area contributed by atoms with Crippen LogP contribution in [-0.4, -0.2) is 29.3 Å². The number of aryl methyl sites for hydroxylation is 2. The van der Waals surface area contributed by atoms with E-state index in [0.29, 0.717) is 6.54 Å². The first-order valence-corrected chi connectivity index (χ1v) is 7.34. The van der Waals surface area contributed by atoms with Crippen LogP contribution < -0.4 is 10.6 Å². The van der Waals surface area contributed by atoms with E-state index in [1.807, 2.05) is 24.1 Å². The van der Waals surface area contributed by atoms with Crippen LogP contribution in [0.4, 0.5) is 4.39 Å². The molecule has 0 bridgehead atoms. The van der Waals surface area contributed by atoms with E-state index in [2.05, 4.69) is 20.7 Å². The summed E-state index contributed by atoms with van der Waals surface area (Å²) in [6.07, 6.45) is 5.90. The molecule has 5 nitrogen and oxygen atoms in total. The first-order valence-electron chi connectivity index (χ1n) is 7.34. The maximum Gasteiger partial charge on any atom is 0.191 e. The minimum absolute atomic E-state index is 0. The van der Waals surface area contributed by atoms with Crippen molar-refractivity contribution in [3.05, 3.63) is 53.6 Å². The van der Waals surface area contributed by atoms with Crippen molar-refractivity contribution in [3.63, 3.8) is 0 Å². The summed E-state index contributed by atoms with van der Waals surface area (Å²) in [5.41, 5.74) is 2.25. The van der Waals surface area contributed by atoms with Gasteiger partial charge in [0.15, 0.2) is 5.96 Å². The second-order valence-electron chi connectivity index (χ2n) is 5.10. The summed E-state index contributed by atoms with van der Waals surface area (Å²) in [4.78, 5) is 4.17. The van der Waals surface area contributed by atoms with E-state index in [1.54, 1.807) is 19.2 Å². The van der Waals surface area contributed by atoms with E-state index in [0.717, 1.165) is 30.9 Å². The van der Waals surface area contributed by atoms with Gasteiger partial charge in [-0.05, 0) is 36.1 Å². The number of guanidine groups is 1. The Morgan fingerprint density at radius 3 is 2.57 bits per heavy atom. The largest absolute Gasteiger partial charge is 0.356 e. The molecule has 0 aliphatic rings. The minimum atomic E-state index is -0.221. The lowest BCUT2D eigenvalue weighted by molar-refractivity contribution is 0.626. The molecule has 0 atom stereocenters. The number of benzene rings is 1. The molecule has 0 spiro atoms. The molecule has 1 aromatic heterocycles. The zero-order valence-electron chi connectivity index (χ0n) is 13.4. The van der Waals surface area contributed by atoms with Gasteiger partial charge in [0, 0.05) is 33.4 Å². The monoisotopic (exact) mass is 431 g/mol. The molecule has 0 unspecified atom stereocenters. The van der Waals surface area contributed by atoms with Crippen LogP contribution >= 0.6 is 24.0 Å². The van der Waals surface area contributed by atoms with Crippen molar-refractivity contribution in [2.45, 2.75) is 19.4 Å². The second kappa shape index (κ2) is 10.2. The van der Waals surface area contributed by atoms with Gasteiger partial charge >= 0.3 is 0 Å². The van der Waals surface area contributed by atoms with Crippen LogP contribution in [0, 0.1) is 5.82 Å². The molecular weight excluding hydrogens is 408 g/mol. The lowest BCUT2D eigenvalue weighted by Crippen LogP contribution is -2.37. The lowest BCUT2D eigenvalue weighted by atomic mass is 10.2. The zero-order valence-corrected chi connectivity index (χ0v) is 15.8. The third-order valence-electron chi connectivity index (χ3n) is 3.29. The summed E-state index contributed by atoms with van der Waals surface area (Å²) >= 11 is 0. The molecular formula is C16H23FIN5. The molecule has 126 valence electrons. The van der Waals surface area contributed by atoms with Crippen LogP contribution in [0.25, 0.3) is 0 Å². The number of aromatic nitrogens is 2. The summed E-state index contributed by atoms with van der Waals surface area (Å²) in [6.45, 7) is 1.44. The predicted molar refractivity (Wildman–Crippen MR) is 102 cm³/mol. The van der Waals surface area contributed by atoms with Gasteiger partial charge in [-0.1, -0.05) is 12.1 Å². The van der Waals surface area contributed by atoms with E-state index < -0.39 is 0 Å². The fraction of sp³-hybridized carbons (Fsp3) is 0.375. The van der Waals surface area contributed by atoms with E-state index in [1.165, 1.54) is 17.7 Å². The Kier molecular flexibility index (Phi) is 8.60. The Bertz CT molecular complexity index is 609. The molecule has 1 aromatic carbocycles. The van der Waals surface area contributed by atoms with Crippen molar-refractivity contribution in [2.75, 3.05) is 13.6 Å². The first-order chi connectivity index (χ1) is 10.7. The van der Waals surface area contributed by atoms with Gasteiger partial charge in [-0.3, -0.25) is 9.67 Å². The summed E-state index contributed by atoms with van der Waals surface area (Å²) < 4.78 is 14.6. The standard InChI is InChI=1S/C16H22FN5.HI/c1-18-16(20-10-13-5-7-15(17)8-6-13)19-9-3-4-14-11-21-22(2)12-14;/h5-8,11-12H,3-4,9-10H2,1-2H3,(H2,18,19,20);1H. The molecule has 0 fully saturated rings. The predicted octanol–water partition coefficient (Wildman–Crippen LogP) is 2.48. The minimum Gasteiger partial charge on any atom is -0.356 e. The van der Waals surface area contributed by atoms with Gasteiger partial charge in [0.05, 0.1) is 6.20 Å². The molecule has 2 N–H and O–H groups in total.